The van der Waals surface area contributed by atoms with Crippen molar-refractivity contribution in [2.75, 3.05) is 27.4 Å². The first-order chi connectivity index (χ1) is 5.18. The molecule has 1 N–H and O–H groups in total. The molecule has 1 atom stereocenters. The van der Waals surface area contributed by atoms with Gasteiger partial charge in [-0.2, -0.15) is 0 Å². The van der Waals surface area contributed by atoms with Gasteiger partial charge < -0.3 is 19.3 Å². The minimum atomic E-state index is -1.48. The topological polar surface area (TPSA) is 47.9 Å². The Balaban J connectivity index is 3.68. The molecule has 1 unspecified atom stereocenters. The number of hydrogen-bond donors (Lipinski definition) is 1. The number of rotatable bonds is 6. The largest absolute Gasteiger partial charge is 0.384 e. The molecule has 0 aromatic heterocycles. The highest BCUT2D eigenvalue weighted by Crippen LogP contribution is 2.12. The number of ether oxygens (including phenoxy) is 3. The first-order valence-corrected chi connectivity index (χ1v) is 3.59. The van der Waals surface area contributed by atoms with Crippen molar-refractivity contribution in [2.24, 2.45) is 0 Å². The molecule has 0 saturated heterocycles. The second kappa shape index (κ2) is 5.49. The zero-order valence-corrected chi connectivity index (χ0v) is 7.29. The molecular formula is C7H16O4. The van der Waals surface area contributed by atoms with Crippen LogP contribution in [-0.4, -0.2) is 38.5 Å². The van der Waals surface area contributed by atoms with Crippen molar-refractivity contribution in [1.29, 1.82) is 0 Å². The molecule has 0 aliphatic rings. The zero-order chi connectivity index (χ0) is 8.74. The molecule has 0 radical (unpaired) electrons. The highest BCUT2D eigenvalue weighted by molar-refractivity contribution is 4.51. The third-order valence-electron chi connectivity index (χ3n) is 1.31. The molecule has 0 rings (SSSR count). The highest BCUT2D eigenvalue weighted by atomic mass is 16.8. The summed E-state index contributed by atoms with van der Waals surface area (Å²) in [4.78, 5) is 0. The molecule has 68 valence electrons. The molecule has 0 aromatic carbocycles. The monoisotopic (exact) mass is 164 g/mol. The summed E-state index contributed by atoms with van der Waals surface area (Å²) in [6.07, 6.45) is 0.313. The number of aliphatic hydroxyl groups is 1. The van der Waals surface area contributed by atoms with E-state index >= 15 is 0 Å². The summed E-state index contributed by atoms with van der Waals surface area (Å²) in [5, 5.41) is 9.43. The summed E-state index contributed by atoms with van der Waals surface area (Å²) in [5.41, 5.74) is 0. The Labute approximate surface area is 67.1 Å². The van der Waals surface area contributed by atoms with Gasteiger partial charge >= 0.3 is 0 Å². The van der Waals surface area contributed by atoms with Crippen molar-refractivity contribution in [3.63, 3.8) is 0 Å². The fraction of sp³-hybridized carbons (Fsp3) is 1.00. The van der Waals surface area contributed by atoms with Crippen molar-refractivity contribution in [3.8, 4) is 0 Å². The lowest BCUT2D eigenvalue weighted by Crippen LogP contribution is -2.35. The fourth-order valence-electron chi connectivity index (χ4n) is 0.690. The van der Waals surface area contributed by atoms with Gasteiger partial charge in [0.15, 0.2) is 0 Å². The second-order valence-corrected chi connectivity index (χ2v) is 2.09. The Morgan fingerprint density at radius 3 is 2.36 bits per heavy atom. The predicted octanol–water partition coefficient (Wildman–Crippen LogP) is 0.352. The SMILES string of the molecule is CCOC(O)(CCOC)OC. The van der Waals surface area contributed by atoms with E-state index in [1.165, 1.54) is 7.11 Å². The Kier molecular flexibility index (Phi) is 5.41. The average molecular weight is 164 g/mol. The van der Waals surface area contributed by atoms with Gasteiger partial charge in [-0.25, -0.2) is 0 Å². The summed E-state index contributed by atoms with van der Waals surface area (Å²) < 4.78 is 14.4. The van der Waals surface area contributed by atoms with E-state index in [4.69, 9.17) is 14.2 Å². The summed E-state index contributed by atoms with van der Waals surface area (Å²) in [7, 11) is 2.95. The minimum absolute atomic E-state index is 0.313. The van der Waals surface area contributed by atoms with E-state index in [0.717, 1.165) is 0 Å². The summed E-state index contributed by atoms with van der Waals surface area (Å²) in [6, 6.07) is 0. The van der Waals surface area contributed by atoms with Gasteiger partial charge in [-0.15, -0.1) is 0 Å². The van der Waals surface area contributed by atoms with Crippen molar-refractivity contribution in [1.82, 2.24) is 0 Å². The van der Waals surface area contributed by atoms with Crippen LogP contribution in [0.25, 0.3) is 0 Å². The molecule has 0 aromatic rings. The van der Waals surface area contributed by atoms with Crippen LogP contribution in [0.2, 0.25) is 0 Å². The maximum Gasteiger partial charge on any atom is 0.282 e. The lowest BCUT2D eigenvalue weighted by Gasteiger charge is -2.24. The van der Waals surface area contributed by atoms with Crippen LogP contribution in [0.3, 0.4) is 0 Å². The maximum absolute atomic E-state index is 9.43. The van der Waals surface area contributed by atoms with E-state index in [2.05, 4.69) is 0 Å². The molecule has 0 aliphatic heterocycles. The molecule has 0 bridgehead atoms. The van der Waals surface area contributed by atoms with Crippen LogP contribution in [0, 0.1) is 0 Å². The van der Waals surface area contributed by atoms with E-state index in [1.807, 2.05) is 0 Å². The quantitative estimate of drug-likeness (QED) is 0.575. The van der Waals surface area contributed by atoms with Gasteiger partial charge in [0.05, 0.1) is 13.0 Å². The Hall–Kier alpha value is -0.160. The van der Waals surface area contributed by atoms with Crippen molar-refractivity contribution < 1.29 is 19.3 Å². The van der Waals surface area contributed by atoms with Crippen LogP contribution < -0.4 is 0 Å². The summed E-state index contributed by atoms with van der Waals surface area (Å²) in [5.74, 6) is -1.48. The molecular weight excluding hydrogens is 148 g/mol. The number of hydrogen-bond acceptors (Lipinski definition) is 4. The lowest BCUT2D eigenvalue weighted by molar-refractivity contribution is -0.353. The van der Waals surface area contributed by atoms with Crippen LogP contribution >= 0.6 is 0 Å². The van der Waals surface area contributed by atoms with E-state index in [9.17, 15) is 5.11 Å². The van der Waals surface area contributed by atoms with Crippen molar-refractivity contribution in [2.45, 2.75) is 19.3 Å². The first kappa shape index (κ1) is 10.8. The van der Waals surface area contributed by atoms with Gasteiger partial charge in [-0.05, 0) is 6.92 Å². The summed E-state index contributed by atoms with van der Waals surface area (Å²) in [6.45, 7) is 2.61. The molecule has 0 saturated carbocycles. The Morgan fingerprint density at radius 2 is 2.00 bits per heavy atom. The Morgan fingerprint density at radius 1 is 1.36 bits per heavy atom. The van der Waals surface area contributed by atoms with Gasteiger partial charge in [0.1, 0.15) is 0 Å². The number of methoxy groups -OCH3 is 2. The molecule has 0 aliphatic carbocycles. The molecule has 0 fully saturated rings. The first-order valence-electron chi connectivity index (χ1n) is 3.59. The van der Waals surface area contributed by atoms with Gasteiger partial charge in [0.2, 0.25) is 0 Å². The second-order valence-electron chi connectivity index (χ2n) is 2.09. The van der Waals surface area contributed by atoms with E-state index in [0.29, 0.717) is 19.6 Å². The van der Waals surface area contributed by atoms with Gasteiger partial charge in [0, 0.05) is 20.8 Å². The van der Waals surface area contributed by atoms with E-state index in [1.54, 1.807) is 14.0 Å². The van der Waals surface area contributed by atoms with Crippen molar-refractivity contribution >= 4 is 0 Å². The molecule has 4 nitrogen and oxygen atoms in total. The molecule has 0 spiro atoms. The third kappa shape index (κ3) is 4.31. The molecule has 0 heterocycles. The normalized spacial score (nSPS) is 16.4. The molecule has 4 heteroatoms. The predicted molar refractivity (Wildman–Crippen MR) is 40.1 cm³/mol. The lowest BCUT2D eigenvalue weighted by atomic mass is 10.4. The van der Waals surface area contributed by atoms with Crippen molar-refractivity contribution in [3.05, 3.63) is 0 Å². The van der Waals surface area contributed by atoms with Gasteiger partial charge in [0.25, 0.3) is 5.97 Å². The van der Waals surface area contributed by atoms with Crippen LogP contribution in [0.1, 0.15) is 13.3 Å². The molecule has 11 heavy (non-hydrogen) atoms. The van der Waals surface area contributed by atoms with Gasteiger partial charge in [-0.1, -0.05) is 0 Å². The average Bonchev–Trinajstić information content (AvgIpc) is 2.02. The van der Waals surface area contributed by atoms with E-state index < -0.39 is 5.97 Å². The van der Waals surface area contributed by atoms with Crippen LogP contribution in [0.5, 0.6) is 0 Å². The van der Waals surface area contributed by atoms with Gasteiger partial charge in [-0.3, -0.25) is 0 Å². The third-order valence-corrected chi connectivity index (χ3v) is 1.31. The zero-order valence-electron chi connectivity index (χ0n) is 7.29. The van der Waals surface area contributed by atoms with Crippen LogP contribution in [0.15, 0.2) is 0 Å². The minimum Gasteiger partial charge on any atom is -0.384 e. The maximum atomic E-state index is 9.43. The van der Waals surface area contributed by atoms with Crippen LogP contribution in [-0.2, 0) is 14.2 Å². The smallest absolute Gasteiger partial charge is 0.282 e. The fourth-order valence-corrected chi connectivity index (χ4v) is 0.690. The highest BCUT2D eigenvalue weighted by Gasteiger charge is 2.25. The molecule has 0 amide bonds. The Bertz CT molecular complexity index is 96.4. The summed E-state index contributed by atoms with van der Waals surface area (Å²) >= 11 is 0. The van der Waals surface area contributed by atoms with Crippen LogP contribution in [0.4, 0.5) is 0 Å². The standard InChI is InChI=1S/C7H16O4/c1-4-11-7(8,10-3)5-6-9-2/h8H,4-6H2,1-3H3. The van der Waals surface area contributed by atoms with E-state index in [-0.39, 0.29) is 0 Å².